The predicted molar refractivity (Wildman–Crippen MR) is 249 cm³/mol. The second kappa shape index (κ2) is 41.9. The summed E-state index contributed by atoms with van der Waals surface area (Å²) in [5.74, 6) is -0.174. The van der Waals surface area contributed by atoms with E-state index in [0.717, 1.165) is 38.5 Å². The Morgan fingerprint density at radius 2 is 0.917 bits per heavy atom. The van der Waals surface area contributed by atoms with E-state index >= 15 is 0 Å². The maximum atomic E-state index is 13.0. The van der Waals surface area contributed by atoms with E-state index in [4.69, 9.17) is 9.47 Å². The fourth-order valence-electron chi connectivity index (χ4n) is 8.45. The van der Waals surface area contributed by atoms with Gasteiger partial charge >= 0.3 is 0 Å². The molecule has 0 aliphatic carbocycles. The third kappa shape index (κ3) is 31.7. The summed E-state index contributed by atoms with van der Waals surface area (Å²) >= 11 is 0. The monoisotopic (exact) mass is 854 g/mol. The van der Waals surface area contributed by atoms with Crippen LogP contribution in [0.15, 0.2) is 12.2 Å². The van der Waals surface area contributed by atoms with Crippen LogP contribution in [0, 0.1) is 0 Å². The molecule has 0 bridgehead atoms. The molecule has 2 unspecified atom stereocenters. The average molecular weight is 854 g/mol. The van der Waals surface area contributed by atoms with Crippen LogP contribution in [-0.2, 0) is 14.3 Å². The molecule has 60 heavy (non-hydrogen) atoms. The number of allylic oxidation sites excluding steroid dienone is 1. The molecule has 9 heteroatoms. The van der Waals surface area contributed by atoms with Gasteiger partial charge in [0.05, 0.1) is 25.4 Å². The Labute approximate surface area is 369 Å². The van der Waals surface area contributed by atoms with Gasteiger partial charge in [0.15, 0.2) is 6.29 Å². The molecule has 0 aromatic rings. The number of hydrogen-bond acceptors (Lipinski definition) is 8. The van der Waals surface area contributed by atoms with Crippen molar-refractivity contribution in [3.8, 4) is 0 Å². The van der Waals surface area contributed by atoms with Crippen molar-refractivity contribution in [3.05, 3.63) is 12.2 Å². The lowest BCUT2D eigenvalue weighted by Gasteiger charge is -2.40. The Morgan fingerprint density at radius 1 is 0.550 bits per heavy atom. The molecule has 1 aliphatic rings. The first-order valence-corrected chi connectivity index (χ1v) is 25.9. The number of amides is 1. The van der Waals surface area contributed by atoms with Crippen LogP contribution in [0.5, 0.6) is 0 Å². The van der Waals surface area contributed by atoms with E-state index in [1.54, 1.807) is 6.08 Å². The van der Waals surface area contributed by atoms with Crippen LogP contribution in [-0.4, -0.2) is 87.5 Å². The molecule has 1 amide bonds. The largest absolute Gasteiger partial charge is 0.394 e. The van der Waals surface area contributed by atoms with Gasteiger partial charge in [-0.2, -0.15) is 0 Å². The third-order valence-corrected chi connectivity index (χ3v) is 12.6. The molecule has 1 saturated heterocycles. The maximum Gasteiger partial charge on any atom is 0.220 e. The fraction of sp³-hybridized carbons (Fsp3) is 0.941. The number of aliphatic hydroxyl groups excluding tert-OH is 5. The zero-order chi connectivity index (χ0) is 43.7. The van der Waals surface area contributed by atoms with Crippen molar-refractivity contribution >= 4 is 5.91 Å². The Bertz CT molecular complexity index is 950. The smallest absolute Gasteiger partial charge is 0.220 e. The fourth-order valence-corrected chi connectivity index (χ4v) is 8.45. The number of hydrogen-bond donors (Lipinski definition) is 6. The lowest BCUT2D eigenvalue weighted by Crippen LogP contribution is -2.60. The molecule has 7 atom stereocenters. The Kier molecular flexibility index (Phi) is 39.8. The molecular formula is C51H99NO8. The highest BCUT2D eigenvalue weighted by Crippen LogP contribution is 2.23. The number of rotatable bonds is 44. The molecule has 0 aromatic heterocycles. The van der Waals surface area contributed by atoms with Gasteiger partial charge in [-0.25, -0.2) is 0 Å². The van der Waals surface area contributed by atoms with E-state index in [2.05, 4.69) is 19.2 Å². The lowest BCUT2D eigenvalue weighted by molar-refractivity contribution is -0.302. The maximum absolute atomic E-state index is 13.0. The summed E-state index contributed by atoms with van der Waals surface area (Å²) in [5.41, 5.74) is 0. The van der Waals surface area contributed by atoms with E-state index in [0.29, 0.717) is 6.42 Å². The van der Waals surface area contributed by atoms with Crippen molar-refractivity contribution < 1.29 is 39.8 Å². The van der Waals surface area contributed by atoms with Crippen molar-refractivity contribution in [2.75, 3.05) is 13.2 Å². The Hall–Kier alpha value is -1.07. The van der Waals surface area contributed by atoms with Crippen LogP contribution in [0.4, 0.5) is 0 Å². The molecule has 1 rings (SSSR count). The topological polar surface area (TPSA) is 149 Å². The third-order valence-electron chi connectivity index (χ3n) is 12.6. The molecule has 6 N–H and O–H groups in total. The first kappa shape index (κ1) is 56.9. The highest BCUT2D eigenvalue weighted by Gasteiger charge is 2.44. The van der Waals surface area contributed by atoms with Crippen molar-refractivity contribution in [1.82, 2.24) is 5.32 Å². The Balaban J connectivity index is 2.14. The minimum atomic E-state index is -1.56. The van der Waals surface area contributed by atoms with Gasteiger partial charge < -0.3 is 40.3 Å². The van der Waals surface area contributed by atoms with Gasteiger partial charge in [0.25, 0.3) is 0 Å². The summed E-state index contributed by atoms with van der Waals surface area (Å²) in [7, 11) is 0. The molecule has 9 nitrogen and oxygen atoms in total. The van der Waals surface area contributed by atoms with Crippen LogP contribution in [0.25, 0.3) is 0 Å². The number of aliphatic hydroxyl groups is 5. The van der Waals surface area contributed by atoms with Gasteiger partial charge in [0.2, 0.25) is 5.91 Å². The van der Waals surface area contributed by atoms with E-state index in [1.165, 1.54) is 193 Å². The SMILES string of the molecule is CCCCCCCCCC/C=C/[C@@H](O)[C@H](CO[C@@H]1O[C@H](CO)[C@@H](O)C(O)C1O)NC(=O)CCCCCCCCCCCCCCCCCCCCCCCCCCCCC. The normalized spacial score (nSPS) is 20.6. The molecule has 0 spiro atoms. The van der Waals surface area contributed by atoms with Gasteiger partial charge in [-0.05, 0) is 19.3 Å². The quantitative estimate of drug-likeness (QED) is 0.0262. The lowest BCUT2D eigenvalue weighted by atomic mass is 9.99. The summed E-state index contributed by atoms with van der Waals surface area (Å²) in [6, 6.07) is -0.798. The van der Waals surface area contributed by atoms with Crippen LogP contribution in [0.3, 0.4) is 0 Å². The minimum absolute atomic E-state index is 0.174. The van der Waals surface area contributed by atoms with E-state index in [-0.39, 0.29) is 12.5 Å². The molecule has 1 fully saturated rings. The van der Waals surface area contributed by atoms with Gasteiger partial charge in [-0.15, -0.1) is 0 Å². The second-order valence-electron chi connectivity index (χ2n) is 18.3. The first-order chi connectivity index (χ1) is 29.3. The molecule has 1 aliphatic heterocycles. The summed E-state index contributed by atoms with van der Waals surface area (Å²) in [5, 5.41) is 54.2. The van der Waals surface area contributed by atoms with Crippen molar-refractivity contribution in [3.63, 3.8) is 0 Å². The van der Waals surface area contributed by atoms with Gasteiger partial charge in [-0.3, -0.25) is 4.79 Å². The van der Waals surface area contributed by atoms with E-state index < -0.39 is 49.5 Å². The van der Waals surface area contributed by atoms with Crippen LogP contribution in [0.2, 0.25) is 0 Å². The van der Waals surface area contributed by atoms with Crippen molar-refractivity contribution in [2.24, 2.45) is 0 Å². The second-order valence-corrected chi connectivity index (χ2v) is 18.3. The molecule has 0 aromatic carbocycles. The first-order valence-electron chi connectivity index (χ1n) is 25.9. The van der Waals surface area contributed by atoms with E-state index in [9.17, 15) is 30.3 Å². The number of carbonyl (C=O) groups excluding carboxylic acids is 1. The number of carbonyl (C=O) groups is 1. The van der Waals surface area contributed by atoms with Gasteiger partial charge in [-0.1, -0.05) is 238 Å². The van der Waals surface area contributed by atoms with E-state index in [1.807, 2.05) is 6.08 Å². The average Bonchev–Trinajstić information content (AvgIpc) is 3.25. The number of ether oxygens (including phenoxy) is 2. The number of unbranched alkanes of at least 4 members (excludes halogenated alkanes) is 34. The zero-order valence-electron chi connectivity index (χ0n) is 39.2. The van der Waals surface area contributed by atoms with Crippen molar-refractivity contribution in [1.29, 1.82) is 0 Å². The summed E-state index contributed by atoms with van der Waals surface area (Å²) in [6.07, 6.45) is 42.9. The zero-order valence-corrected chi connectivity index (χ0v) is 39.2. The van der Waals surface area contributed by atoms with Crippen molar-refractivity contribution in [2.45, 2.75) is 294 Å². The molecule has 0 radical (unpaired) electrons. The molecule has 356 valence electrons. The van der Waals surface area contributed by atoms with Crippen LogP contribution >= 0.6 is 0 Å². The highest BCUT2D eigenvalue weighted by atomic mass is 16.7. The van der Waals surface area contributed by atoms with Gasteiger partial charge in [0.1, 0.15) is 24.4 Å². The predicted octanol–water partition coefficient (Wildman–Crippen LogP) is 11.7. The summed E-state index contributed by atoms with van der Waals surface area (Å²) in [4.78, 5) is 13.0. The molecule has 0 saturated carbocycles. The number of nitrogens with one attached hydrogen (secondary N) is 1. The Morgan fingerprint density at radius 3 is 1.30 bits per heavy atom. The van der Waals surface area contributed by atoms with Crippen LogP contribution in [0.1, 0.15) is 251 Å². The minimum Gasteiger partial charge on any atom is -0.394 e. The summed E-state index contributed by atoms with van der Waals surface area (Å²) in [6.45, 7) is 3.77. The van der Waals surface area contributed by atoms with Crippen LogP contribution < -0.4 is 5.32 Å². The standard InChI is InChI=1S/C51H99NO8/c1-3-5-7-9-11-13-15-16-17-18-19-20-21-22-23-24-25-26-27-28-29-30-31-33-35-37-39-41-47(55)52-44(43-59-51-50(58)49(57)48(56)46(42-53)60-51)45(54)40-38-36-34-32-14-12-10-8-6-4-2/h38,40,44-46,48-51,53-54,56-58H,3-37,39,41-43H2,1-2H3,(H,52,55)/b40-38+/t44-,45+,46+,48+,49?,50?,51+/m0/s1. The highest BCUT2D eigenvalue weighted by molar-refractivity contribution is 5.76. The molecule has 1 heterocycles. The van der Waals surface area contributed by atoms with Gasteiger partial charge in [0, 0.05) is 6.42 Å². The molecular weight excluding hydrogens is 755 g/mol. The summed E-state index contributed by atoms with van der Waals surface area (Å²) < 4.78 is 11.2.